The van der Waals surface area contributed by atoms with Crippen LogP contribution in [0, 0.1) is 17.8 Å². The maximum Gasteiger partial charge on any atom is 0.236 e. The largest absolute Gasteiger partial charge is 0.392 e. The van der Waals surface area contributed by atoms with Crippen molar-refractivity contribution in [3.05, 3.63) is 23.8 Å². The van der Waals surface area contributed by atoms with Crippen molar-refractivity contribution >= 4 is 5.91 Å². The van der Waals surface area contributed by atoms with Gasteiger partial charge in [-0.25, -0.2) is 0 Å². The molecule has 1 aliphatic heterocycles. The number of fused-ring (bicyclic) bond motifs is 1. The van der Waals surface area contributed by atoms with Gasteiger partial charge in [-0.1, -0.05) is 43.6 Å². The van der Waals surface area contributed by atoms with Crippen LogP contribution in [0.25, 0.3) is 0 Å². The Bertz CT molecular complexity index is 639. The van der Waals surface area contributed by atoms with E-state index in [0.717, 1.165) is 45.1 Å². The molecule has 2 fully saturated rings. The van der Waals surface area contributed by atoms with Crippen LogP contribution in [0.4, 0.5) is 0 Å². The molecule has 2 aliphatic carbocycles. The summed E-state index contributed by atoms with van der Waals surface area (Å²) in [6.07, 6.45) is 12.7. The van der Waals surface area contributed by atoms with E-state index in [1.54, 1.807) is 0 Å². The number of aliphatic hydroxyl groups is 2. The van der Waals surface area contributed by atoms with Crippen molar-refractivity contribution in [1.82, 2.24) is 10.2 Å². The van der Waals surface area contributed by atoms with Gasteiger partial charge in [-0.05, 0) is 57.4 Å². The van der Waals surface area contributed by atoms with Gasteiger partial charge in [0.25, 0.3) is 0 Å². The predicted octanol–water partition coefficient (Wildman–Crippen LogP) is 2.66. The van der Waals surface area contributed by atoms with E-state index in [1.165, 1.54) is 5.57 Å². The molecule has 1 saturated carbocycles. The number of hydrogen-bond acceptors (Lipinski definition) is 5. The van der Waals surface area contributed by atoms with Crippen LogP contribution in [0.15, 0.2) is 23.8 Å². The number of ether oxygens (including phenoxy) is 1. The molecule has 0 spiro atoms. The summed E-state index contributed by atoms with van der Waals surface area (Å²) in [4.78, 5) is 14.1. The Hall–Kier alpha value is -1.21. The first kappa shape index (κ1) is 24.4. The third-order valence-electron chi connectivity index (χ3n) is 7.20. The Balaban J connectivity index is 1.39. The lowest BCUT2D eigenvalue weighted by atomic mass is 9.88. The van der Waals surface area contributed by atoms with E-state index in [4.69, 9.17) is 4.74 Å². The minimum atomic E-state index is -0.654. The Kier molecular flexibility index (Phi) is 9.14. The molecule has 0 aromatic rings. The summed E-state index contributed by atoms with van der Waals surface area (Å²) >= 11 is 0. The van der Waals surface area contributed by atoms with Gasteiger partial charge in [0.1, 0.15) is 0 Å². The molecule has 1 saturated heterocycles. The molecule has 3 aliphatic rings. The number of allylic oxidation sites excluding steroid dienone is 1. The van der Waals surface area contributed by atoms with Crippen molar-refractivity contribution in [3.63, 3.8) is 0 Å². The second-order valence-corrected chi connectivity index (χ2v) is 9.89. The molecule has 3 rings (SSSR count). The van der Waals surface area contributed by atoms with Crippen LogP contribution in [-0.4, -0.2) is 72.1 Å². The number of nitrogens with zero attached hydrogens (tertiary/aromatic N) is 1. The first-order chi connectivity index (χ1) is 14.9. The monoisotopic (exact) mass is 434 g/mol. The fraction of sp³-hybridized carbons (Fsp3) is 0.800. The Morgan fingerprint density at radius 1 is 1.39 bits per heavy atom. The number of carbonyl (C=O) groups is 1. The smallest absolute Gasteiger partial charge is 0.236 e. The summed E-state index contributed by atoms with van der Waals surface area (Å²) in [5, 5.41) is 24.3. The van der Waals surface area contributed by atoms with E-state index >= 15 is 0 Å². The van der Waals surface area contributed by atoms with Gasteiger partial charge in [-0.15, -0.1) is 0 Å². The topological polar surface area (TPSA) is 82.0 Å². The molecule has 1 heterocycles. The minimum Gasteiger partial charge on any atom is -0.392 e. The molecule has 0 radical (unpaired) electrons. The number of carbonyl (C=O) groups excluding carboxylic acids is 1. The quantitative estimate of drug-likeness (QED) is 0.344. The van der Waals surface area contributed by atoms with Gasteiger partial charge in [0.05, 0.1) is 31.5 Å². The van der Waals surface area contributed by atoms with Gasteiger partial charge in [0.15, 0.2) is 0 Å². The number of unbranched alkanes of at least 4 members (excludes halogenated alkanes) is 1. The maximum absolute atomic E-state index is 12.2. The Labute approximate surface area is 187 Å². The highest BCUT2D eigenvalue weighted by Crippen LogP contribution is 2.48. The van der Waals surface area contributed by atoms with Crippen LogP contribution in [0.2, 0.25) is 0 Å². The zero-order valence-electron chi connectivity index (χ0n) is 19.4. The second-order valence-electron chi connectivity index (χ2n) is 9.89. The average molecular weight is 435 g/mol. The minimum absolute atomic E-state index is 0.156. The molecule has 0 unspecified atom stereocenters. The van der Waals surface area contributed by atoms with Crippen molar-refractivity contribution in [1.29, 1.82) is 0 Å². The molecule has 0 aromatic carbocycles. The van der Waals surface area contributed by atoms with Crippen molar-refractivity contribution in [2.24, 2.45) is 17.8 Å². The van der Waals surface area contributed by atoms with Crippen LogP contribution < -0.4 is 5.32 Å². The molecule has 0 bridgehead atoms. The lowest BCUT2D eigenvalue weighted by Crippen LogP contribution is -2.44. The molecular formula is C25H42N2O4. The van der Waals surface area contributed by atoms with E-state index in [-0.39, 0.29) is 17.9 Å². The van der Waals surface area contributed by atoms with Crippen LogP contribution in [0.1, 0.15) is 58.8 Å². The molecule has 6 heteroatoms. The lowest BCUT2D eigenvalue weighted by Gasteiger charge is -2.27. The van der Waals surface area contributed by atoms with Gasteiger partial charge < -0.3 is 25.2 Å². The van der Waals surface area contributed by atoms with Gasteiger partial charge in [0.2, 0.25) is 5.91 Å². The zero-order chi connectivity index (χ0) is 22.3. The first-order valence-corrected chi connectivity index (χ1v) is 12.2. The van der Waals surface area contributed by atoms with Crippen LogP contribution in [0.5, 0.6) is 0 Å². The number of rotatable bonds is 11. The van der Waals surface area contributed by atoms with Gasteiger partial charge in [0, 0.05) is 19.0 Å². The fourth-order valence-corrected chi connectivity index (χ4v) is 5.30. The molecule has 31 heavy (non-hydrogen) atoms. The number of amides is 1. The molecule has 6 nitrogen and oxygen atoms in total. The first-order valence-electron chi connectivity index (χ1n) is 12.2. The summed E-state index contributed by atoms with van der Waals surface area (Å²) in [6, 6.07) is 0. The maximum atomic E-state index is 12.2. The van der Waals surface area contributed by atoms with E-state index in [2.05, 4.69) is 30.5 Å². The molecule has 176 valence electrons. The zero-order valence-corrected chi connectivity index (χ0v) is 19.4. The van der Waals surface area contributed by atoms with E-state index < -0.39 is 5.60 Å². The lowest BCUT2D eigenvalue weighted by molar-refractivity contribution is -0.134. The summed E-state index contributed by atoms with van der Waals surface area (Å²) in [5.74, 6) is 1.26. The Morgan fingerprint density at radius 2 is 2.16 bits per heavy atom. The van der Waals surface area contributed by atoms with Crippen LogP contribution in [0.3, 0.4) is 0 Å². The van der Waals surface area contributed by atoms with Crippen molar-refractivity contribution < 1.29 is 19.7 Å². The third-order valence-corrected chi connectivity index (χ3v) is 7.20. The summed E-state index contributed by atoms with van der Waals surface area (Å²) in [7, 11) is 0. The van der Waals surface area contributed by atoms with Gasteiger partial charge >= 0.3 is 0 Å². The SMILES string of the molecule is CCCC[C@](C)(O)CC=C[C@@H]1[C@H]2CC(CCNCC(=O)N3CCOCC3)=C[C@H]2C[C@H]1O. The molecule has 0 aromatic heterocycles. The average Bonchev–Trinajstić information content (AvgIpc) is 3.27. The van der Waals surface area contributed by atoms with E-state index in [1.807, 2.05) is 11.8 Å². The molecule has 1 amide bonds. The molecular weight excluding hydrogens is 392 g/mol. The number of morpholine rings is 1. The highest BCUT2D eigenvalue weighted by atomic mass is 16.5. The summed E-state index contributed by atoms with van der Waals surface area (Å²) in [5.41, 5.74) is 0.792. The number of hydrogen-bond donors (Lipinski definition) is 3. The highest BCUT2D eigenvalue weighted by Gasteiger charge is 2.43. The highest BCUT2D eigenvalue weighted by molar-refractivity contribution is 5.78. The molecule has 5 atom stereocenters. The fourth-order valence-electron chi connectivity index (χ4n) is 5.30. The summed E-state index contributed by atoms with van der Waals surface area (Å²) in [6.45, 7) is 7.92. The van der Waals surface area contributed by atoms with Crippen LogP contribution in [-0.2, 0) is 9.53 Å². The van der Waals surface area contributed by atoms with Crippen molar-refractivity contribution in [3.8, 4) is 0 Å². The third kappa shape index (κ3) is 7.14. The van der Waals surface area contributed by atoms with Crippen molar-refractivity contribution in [2.75, 3.05) is 39.4 Å². The normalized spacial score (nSPS) is 30.5. The second kappa shape index (κ2) is 11.6. The number of nitrogens with one attached hydrogen (secondary N) is 1. The van der Waals surface area contributed by atoms with Crippen LogP contribution >= 0.6 is 0 Å². The van der Waals surface area contributed by atoms with Crippen molar-refractivity contribution in [2.45, 2.75) is 70.5 Å². The predicted molar refractivity (Wildman–Crippen MR) is 123 cm³/mol. The Morgan fingerprint density at radius 3 is 2.90 bits per heavy atom. The standard InChI is InChI=1S/C25H42N2O4/c1-3-4-8-25(2,30)9-5-6-21-22-16-19(15-20(22)17-23(21)28)7-10-26-18-24(29)27-11-13-31-14-12-27/h5-6,15,20-23,26,28,30H,3-4,7-14,16-18H2,1-2H3/t20-,21+,22-,23+,25-/m0/s1. The van der Waals surface area contributed by atoms with E-state index in [0.29, 0.717) is 51.1 Å². The summed E-state index contributed by atoms with van der Waals surface area (Å²) < 4.78 is 5.30. The van der Waals surface area contributed by atoms with Gasteiger partial charge in [-0.2, -0.15) is 0 Å². The van der Waals surface area contributed by atoms with Gasteiger partial charge in [-0.3, -0.25) is 4.79 Å². The van der Waals surface area contributed by atoms with E-state index in [9.17, 15) is 15.0 Å². The number of aliphatic hydroxyl groups excluding tert-OH is 1. The molecule has 3 N–H and O–H groups in total.